The molecular formula is C22H17F4N5O3. The third kappa shape index (κ3) is 5.39. The summed E-state index contributed by atoms with van der Waals surface area (Å²) in [5.74, 6) is -0.944. The lowest BCUT2D eigenvalue weighted by atomic mass is 10.2. The molecule has 1 N–H and O–H groups in total. The van der Waals surface area contributed by atoms with Crippen molar-refractivity contribution in [3.8, 4) is 23.0 Å². The molecule has 0 aliphatic carbocycles. The first-order valence-corrected chi connectivity index (χ1v) is 9.98. The third-order valence-electron chi connectivity index (χ3n) is 4.55. The van der Waals surface area contributed by atoms with E-state index in [-0.39, 0.29) is 19.0 Å². The number of ether oxygens (including phenoxy) is 2. The molecule has 12 heteroatoms. The molecule has 1 amide bonds. The van der Waals surface area contributed by atoms with Crippen molar-refractivity contribution in [2.24, 2.45) is 0 Å². The Morgan fingerprint density at radius 3 is 2.62 bits per heavy atom. The van der Waals surface area contributed by atoms with Crippen LogP contribution >= 0.6 is 0 Å². The first-order valence-electron chi connectivity index (χ1n) is 9.98. The normalized spacial score (nSPS) is 11.4. The predicted molar refractivity (Wildman–Crippen MR) is 112 cm³/mol. The van der Waals surface area contributed by atoms with Gasteiger partial charge in [-0.1, -0.05) is 24.3 Å². The Hall–Kier alpha value is -4.22. The predicted octanol–water partition coefficient (Wildman–Crippen LogP) is 3.52. The van der Waals surface area contributed by atoms with Crippen LogP contribution in [0, 0.1) is 5.82 Å². The summed E-state index contributed by atoms with van der Waals surface area (Å²) < 4.78 is 64.4. The molecule has 0 saturated carbocycles. The van der Waals surface area contributed by atoms with Gasteiger partial charge in [-0.3, -0.25) is 4.79 Å². The van der Waals surface area contributed by atoms with E-state index >= 15 is 0 Å². The summed E-state index contributed by atoms with van der Waals surface area (Å²) in [5.41, 5.74) is -0.0492. The molecule has 4 aromatic rings. The maximum absolute atomic E-state index is 13.5. The van der Waals surface area contributed by atoms with Crippen LogP contribution in [0.25, 0.3) is 17.0 Å². The number of nitrogens with one attached hydrogen (secondary N) is 1. The Morgan fingerprint density at radius 2 is 1.82 bits per heavy atom. The molecule has 0 bridgehead atoms. The number of aromatic nitrogens is 4. The highest BCUT2D eigenvalue weighted by Gasteiger charge is 2.34. The van der Waals surface area contributed by atoms with Crippen LogP contribution in [0.5, 0.6) is 11.6 Å². The standard InChI is InChI=1S/C22H17F4N5O3/c23-15-5-3-4-14(12-15)21-29-28-18-8-9-20(30-31(18)21)33-11-10-27-19(32)13-34-17-7-2-1-6-16(17)22(24,25)26/h1-9,12H,10-11,13H2,(H,27,32). The third-order valence-corrected chi connectivity index (χ3v) is 4.55. The van der Waals surface area contributed by atoms with Gasteiger partial charge >= 0.3 is 6.18 Å². The lowest BCUT2D eigenvalue weighted by Gasteiger charge is -2.13. The molecule has 0 unspecified atom stereocenters. The second-order valence-electron chi connectivity index (χ2n) is 6.96. The zero-order valence-corrected chi connectivity index (χ0v) is 17.4. The molecule has 0 aliphatic heterocycles. The Labute approximate surface area is 190 Å². The van der Waals surface area contributed by atoms with E-state index in [1.165, 1.54) is 28.8 Å². The zero-order valence-electron chi connectivity index (χ0n) is 17.4. The number of halogens is 4. The second kappa shape index (κ2) is 9.73. The molecule has 4 rings (SSSR count). The van der Waals surface area contributed by atoms with Gasteiger partial charge in [0.25, 0.3) is 5.91 Å². The van der Waals surface area contributed by atoms with Crippen molar-refractivity contribution in [1.82, 2.24) is 25.1 Å². The molecule has 0 saturated heterocycles. The van der Waals surface area contributed by atoms with Crippen molar-refractivity contribution >= 4 is 11.6 Å². The number of amides is 1. The van der Waals surface area contributed by atoms with Crippen LogP contribution in [0.2, 0.25) is 0 Å². The largest absolute Gasteiger partial charge is 0.483 e. The molecular weight excluding hydrogens is 458 g/mol. The lowest BCUT2D eigenvalue weighted by molar-refractivity contribution is -0.139. The van der Waals surface area contributed by atoms with Gasteiger partial charge in [-0.2, -0.15) is 17.7 Å². The van der Waals surface area contributed by atoms with Gasteiger partial charge < -0.3 is 14.8 Å². The number of alkyl halides is 3. The summed E-state index contributed by atoms with van der Waals surface area (Å²) in [5, 5.41) is 14.8. The maximum Gasteiger partial charge on any atom is 0.419 e. The van der Waals surface area contributed by atoms with E-state index in [2.05, 4.69) is 20.6 Å². The molecule has 2 aromatic carbocycles. The number of carbonyl (C=O) groups excluding carboxylic acids is 1. The highest BCUT2D eigenvalue weighted by Crippen LogP contribution is 2.35. The Bertz CT molecular complexity index is 1310. The number of rotatable bonds is 8. The number of hydrogen-bond donors (Lipinski definition) is 1. The van der Waals surface area contributed by atoms with E-state index in [1.807, 2.05) is 0 Å². The van der Waals surface area contributed by atoms with Crippen LogP contribution < -0.4 is 14.8 Å². The maximum atomic E-state index is 13.5. The van der Waals surface area contributed by atoms with E-state index in [0.29, 0.717) is 17.0 Å². The monoisotopic (exact) mass is 475 g/mol. The highest BCUT2D eigenvalue weighted by atomic mass is 19.4. The van der Waals surface area contributed by atoms with Gasteiger partial charge in [0, 0.05) is 11.6 Å². The van der Waals surface area contributed by atoms with Gasteiger partial charge in [0.05, 0.1) is 12.1 Å². The molecule has 34 heavy (non-hydrogen) atoms. The fourth-order valence-electron chi connectivity index (χ4n) is 3.02. The van der Waals surface area contributed by atoms with Crippen molar-refractivity contribution in [3.63, 3.8) is 0 Å². The number of para-hydroxylation sites is 1. The van der Waals surface area contributed by atoms with Crippen molar-refractivity contribution in [2.45, 2.75) is 6.18 Å². The van der Waals surface area contributed by atoms with E-state index in [4.69, 9.17) is 9.47 Å². The van der Waals surface area contributed by atoms with Crippen LogP contribution in [-0.2, 0) is 11.0 Å². The van der Waals surface area contributed by atoms with Crippen LogP contribution in [0.15, 0.2) is 60.7 Å². The first kappa shape index (κ1) is 23.0. The summed E-state index contributed by atoms with van der Waals surface area (Å²) in [6, 6.07) is 13.6. The van der Waals surface area contributed by atoms with E-state index < -0.39 is 35.8 Å². The summed E-state index contributed by atoms with van der Waals surface area (Å²) in [7, 11) is 0. The van der Waals surface area contributed by atoms with E-state index in [1.54, 1.807) is 24.3 Å². The Balaban J connectivity index is 1.30. The van der Waals surface area contributed by atoms with E-state index in [0.717, 1.165) is 12.1 Å². The quantitative estimate of drug-likeness (QED) is 0.310. The number of benzene rings is 2. The van der Waals surface area contributed by atoms with E-state index in [9.17, 15) is 22.4 Å². The molecule has 0 atom stereocenters. The smallest absolute Gasteiger partial charge is 0.419 e. The Kier molecular flexibility index (Phi) is 6.57. The molecule has 0 aliphatic rings. The molecule has 2 aromatic heterocycles. The molecule has 0 spiro atoms. The molecule has 8 nitrogen and oxygen atoms in total. The van der Waals surface area contributed by atoms with Crippen molar-refractivity contribution in [1.29, 1.82) is 0 Å². The van der Waals surface area contributed by atoms with Crippen LogP contribution in [-0.4, -0.2) is 45.5 Å². The minimum absolute atomic E-state index is 0.0286. The summed E-state index contributed by atoms with van der Waals surface area (Å²) >= 11 is 0. The van der Waals surface area contributed by atoms with Crippen LogP contribution in [0.1, 0.15) is 5.56 Å². The SMILES string of the molecule is O=C(COc1ccccc1C(F)(F)F)NCCOc1ccc2nnc(-c3cccc(F)c3)n2n1. The van der Waals surface area contributed by atoms with Gasteiger partial charge in [-0.05, 0) is 30.3 Å². The van der Waals surface area contributed by atoms with Crippen molar-refractivity contribution in [3.05, 3.63) is 72.0 Å². The first-order chi connectivity index (χ1) is 16.3. The number of hydrogen-bond acceptors (Lipinski definition) is 6. The van der Waals surface area contributed by atoms with Gasteiger partial charge in [0.15, 0.2) is 18.1 Å². The summed E-state index contributed by atoms with van der Waals surface area (Å²) in [6.45, 7) is -0.502. The number of nitrogens with zero attached hydrogens (tertiary/aromatic N) is 4. The average molecular weight is 475 g/mol. The number of carbonyl (C=O) groups is 1. The fraction of sp³-hybridized carbons (Fsp3) is 0.182. The van der Waals surface area contributed by atoms with Crippen molar-refractivity contribution in [2.75, 3.05) is 19.8 Å². The summed E-state index contributed by atoms with van der Waals surface area (Å²) in [6.07, 6.45) is -4.59. The fourth-order valence-corrected chi connectivity index (χ4v) is 3.02. The van der Waals surface area contributed by atoms with Crippen molar-refractivity contribution < 1.29 is 31.8 Å². The van der Waals surface area contributed by atoms with Gasteiger partial charge in [-0.15, -0.1) is 15.3 Å². The van der Waals surface area contributed by atoms with Crippen LogP contribution in [0.3, 0.4) is 0 Å². The zero-order chi connectivity index (χ0) is 24.1. The topological polar surface area (TPSA) is 90.6 Å². The lowest BCUT2D eigenvalue weighted by Crippen LogP contribution is -2.32. The molecule has 0 radical (unpaired) electrons. The molecule has 2 heterocycles. The van der Waals surface area contributed by atoms with Gasteiger partial charge in [0.2, 0.25) is 5.88 Å². The molecule has 0 fully saturated rings. The number of fused-ring (bicyclic) bond motifs is 1. The minimum Gasteiger partial charge on any atom is -0.483 e. The summed E-state index contributed by atoms with van der Waals surface area (Å²) in [4.78, 5) is 11.9. The molecule has 176 valence electrons. The van der Waals surface area contributed by atoms with Gasteiger partial charge in [0.1, 0.15) is 18.2 Å². The average Bonchev–Trinajstić information content (AvgIpc) is 3.23. The Morgan fingerprint density at radius 1 is 1.00 bits per heavy atom. The minimum atomic E-state index is -4.59. The van der Waals surface area contributed by atoms with Gasteiger partial charge in [-0.25, -0.2) is 4.39 Å². The second-order valence-corrected chi connectivity index (χ2v) is 6.96. The van der Waals surface area contributed by atoms with Crippen LogP contribution in [0.4, 0.5) is 17.6 Å². The highest BCUT2D eigenvalue weighted by molar-refractivity contribution is 5.77.